The topological polar surface area (TPSA) is 113 Å². The quantitative estimate of drug-likeness (QED) is 0.558. The summed E-state index contributed by atoms with van der Waals surface area (Å²) in [5.74, 6) is -0.408. The van der Waals surface area contributed by atoms with Crippen LogP contribution in [0.25, 0.3) is 0 Å². The van der Waals surface area contributed by atoms with Crippen molar-refractivity contribution in [3.05, 3.63) is 59.1 Å². The van der Waals surface area contributed by atoms with Gasteiger partial charge < -0.3 is 21.7 Å². The fourth-order valence-corrected chi connectivity index (χ4v) is 2.32. The molecule has 26 heavy (non-hydrogen) atoms. The number of anilines is 2. The SMILES string of the molecule is NC(=O)Nc1cccc(NC(=O)CCCNC(=O)c2ccc(Cl)cc2)c1. The monoisotopic (exact) mass is 374 g/mol. The highest BCUT2D eigenvalue weighted by molar-refractivity contribution is 6.30. The summed E-state index contributed by atoms with van der Waals surface area (Å²) in [6.07, 6.45) is 0.735. The second-order valence-corrected chi connectivity index (χ2v) is 5.92. The van der Waals surface area contributed by atoms with Crippen molar-refractivity contribution in [3.8, 4) is 0 Å². The smallest absolute Gasteiger partial charge is 0.316 e. The maximum atomic E-state index is 11.9. The van der Waals surface area contributed by atoms with Crippen LogP contribution < -0.4 is 21.7 Å². The molecule has 0 saturated heterocycles. The molecule has 4 amide bonds. The van der Waals surface area contributed by atoms with Crippen LogP contribution in [0.4, 0.5) is 16.2 Å². The molecule has 0 saturated carbocycles. The van der Waals surface area contributed by atoms with Crippen molar-refractivity contribution in [2.75, 3.05) is 17.2 Å². The molecule has 0 fully saturated rings. The van der Waals surface area contributed by atoms with Gasteiger partial charge in [-0.25, -0.2) is 4.79 Å². The Labute approximate surface area is 155 Å². The molecule has 136 valence electrons. The van der Waals surface area contributed by atoms with Gasteiger partial charge in [0.25, 0.3) is 5.91 Å². The van der Waals surface area contributed by atoms with E-state index in [9.17, 15) is 14.4 Å². The number of primary amides is 1. The van der Waals surface area contributed by atoms with E-state index in [0.717, 1.165) is 0 Å². The van der Waals surface area contributed by atoms with Gasteiger partial charge in [0.1, 0.15) is 0 Å². The van der Waals surface area contributed by atoms with Crippen LogP contribution >= 0.6 is 11.6 Å². The van der Waals surface area contributed by atoms with E-state index in [0.29, 0.717) is 34.9 Å². The summed E-state index contributed by atoms with van der Waals surface area (Å²) < 4.78 is 0. The minimum Gasteiger partial charge on any atom is -0.352 e. The Morgan fingerprint density at radius 1 is 0.962 bits per heavy atom. The molecule has 7 nitrogen and oxygen atoms in total. The number of amides is 4. The van der Waals surface area contributed by atoms with Gasteiger partial charge in [0.2, 0.25) is 5.91 Å². The first-order valence-electron chi connectivity index (χ1n) is 7.94. The number of nitrogens with one attached hydrogen (secondary N) is 3. The molecule has 2 aromatic rings. The van der Waals surface area contributed by atoms with Crippen LogP contribution in [0.2, 0.25) is 5.02 Å². The van der Waals surface area contributed by atoms with E-state index in [2.05, 4.69) is 16.0 Å². The van der Waals surface area contributed by atoms with E-state index in [-0.39, 0.29) is 18.2 Å². The van der Waals surface area contributed by atoms with Crippen LogP contribution in [0.5, 0.6) is 0 Å². The van der Waals surface area contributed by atoms with E-state index in [1.807, 2.05) is 0 Å². The lowest BCUT2D eigenvalue weighted by atomic mass is 10.2. The molecule has 0 aliphatic heterocycles. The van der Waals surface area contributed by atoms with E-state index in [1.54, 1.807) is 48.5 Å². The average Bonchev–Trinajstić information content (AvgIpc) is 2.59. The van der Waals surface area contributed by atoms with Gasteiger partial charge in [-0.3, -0.25) is 9.59 Å². The van der Waals surface area contributed by atoms with Gasteiger partial charge in [-0.1, -0.05) is 17.7 Å². The molecule has 0 aliphatic carbocycles. The Hall–Kier alpha value is -3.06. The number of carbonyl (C=O) groups is 3. The number of hydrogen-bond donors (Lipinski definition) is 4. The van der Waals surface area contributed by atoms with Crippen LogP contribution in [0.3, 0.4) is 0 Å². The van der Waals surface area contributed by atoms with E-state index < -0.39 is 6.03 Å². The van der Waals surface area contributed by atoms with Gasteiger partial charge in [0.05, 0.1) is 0 Å². The lowest BCUT2D eigenvalue weighted by Crippen LogP contribution is -2.25. The number of halogens is 1. The molecule has 0 aliphatic rings. The Bertz CT molecular complexity index is 793. The van der Waals surface area contributed by atoms with E-state index >= 15 is 0 Å². The first-order chi connectivity index (χ1) is 12.4. The molecule has 0 unspecified atom stereocenters. The molecular formula is C18H19ClN4O3. The van der Waals surface area contributed by atoms with Gasteiger partial charge in [-0.2, -0.15) is 0 Å². The number of rotatable bonds is 7. The first kappa shape index (κ1) is 19.3. The summed E-state index contributed by atoms with van der Waals surface area (Å²) in [5, 5.41) is 8.47. The van der Waals surface area contributed by atoms with Crippen molar-refractivity contribution < 1.29 is 14.4 Å². The summed E-state index contributed by atoms with van der Waals surface area (Å²) in [4.78, 5) is 34.7. The summed E-state index contributed by atoms with van der Waals surface area (Å²) in [7, 11) is 0. The zero-order valence-corrected chi connectivity index (χ0v) is 14.7. The molecule has 0 radical (unpaired) electrons. The summed E-state index contributed by atoms with van der Waals surface area (Å²) in [6, 6.07) is 12.5. The lowest BCUT2D eigenvalue weighted by molar-refractivity contribution is -0.116. The van der Waals surface area contributed by atoms with E-state index in [4.69, 9.17) is 17.3 Å². The van der Waals surface area contributed by atoms with Crippen molar-refractivity contribution in [1.82, 2.24) is 5.32 Å². The van der Waals surface area contributed by atoms with E-state index in [1.165, 1.54) is 0 Å². The molecule has 0 aromatic heterocycles. The fourth-order valence-electron chi connectivity index (χ4n) is 2.19. The minimum absolute atomic E-state index is 0.193. The van der Waals surface area contributed by atoms with Crippen molar-refractivity contribution >= 4 is 40.8 Å². The zero-order chi connectivity index (χ0) is 18.9. The summed E-state index contributed by atoms with van der Waals surface area (Å²) >= 11 is 5.78. The number of urea groups is 1. The third-order valence-electron chi connectivity index (χ3n) is 3.39. The molecule has 5 N–H and O–H groups in total. The molecule has 0 spiro atoms. The van der Waals surface area contributed by atoms with Crippen molar-refractivity contribution in [2.24, 2.45) is 5.73 Å². The largest absolute Gasteiger partial charge is 0.352 e. The van der Waals surface area contributed by atoms with Crippen molar-refractivity contribution in [3.63, 3.8) is 0 Å². The second kappa shape index (κ2) is 9.43. The molecule has 0 heterocycles. The predicted octanol–water partition coefficient (Wildman–Crippen LogP) is 2.98. The van der Waals surface area contributed by atoms with Gasteiger partial charge in [-0.05, 0) is 48.9 Å². The van der Waals surface area contributed by atoms with Crippen LogP contribution in [0, 0.1) is 0 Å². The number of carbonyl (C=O) groups excluding carboxylic acids is 3. The number of hydrogen-bond acceptors (Lipinski definition) is 3. The second-order valence-electron chi connectivity index (χ2n) is 5.48. The molecule has 2 rings (SSSR count). The van der Waals surface area contributed by atoms with Crippen LogP contribution in [-0.4, -0.2) is 24.4 Å². The lowest BCUT2D eigenvalue weighted by Gasteiger charge is -2.08. The molecule has 8 heteroatoms. The highest BCUT2D eigenvalue weighted by atomic mass is 35.5. The highest BCUT2D eigenvalue weighted by Gasteiger charge is 2.07. The molecule has 0 bridgehead atoms. The Balaban J connectivity index is 1.72. The fraction of sp³-hybridized carbons (Fsp3) is 0.167. The Kier molecular flexibility index (Phi) is 6.99. The van der Waals surface area contributed by atoms with Crippen molar-refractivity contribution in [1.29, 1.82) is 0 Å². The van der Waals surface area contributed by atoms with Crippen LogP contribution in [0.1, 0.15) is 23.2 Å². The third kappa shape index (κ3) is 6.45. The average molecular weight is 375 g/mol. The van der Waals surface area contributed by atoms with Gasteiger partial charge in [0.15, 0.2) is 0 Å². The Morgan fingerprint density at radius 3 is 2.27 bits per heavy atom. The predicted molar refractivity (Wildman–Crippen MR) is 101 cm³/mol. The molecule has 2 aromatic carbocycles. The Morgan fingerprint density at radius 2 is 1.62 bits per heavy atom. The molecular weight excluding hydrogens is 356 g/mol. The van der Waals surface area contributed by atoms with Gasteiger partial charge in [-0.15, -0.1) is 0 Å². The number of benzene rings is 2. The zero-order valence-electron chi connectivity index (χ0n) is 13.9. The minimum atomic E-state index is -0.676. The van der Waals surface area contributed by atoms with Crippen LogP contribution in [0.15, 0.2) is 48.5 Å². The molecule has 0 atom stereocenters. The highest BCUT2D eigenvalue weighted by Crippen LogP contribution is 2.15. The van der Waals surface area contributed by atoms with Gasteiger partial charge in [0, 0.05) is 34.9 Å². The standard InChI is InChI=1S/C18H19ClN4O3/c19-13-8-6-12(7-9-13)17(25)21-10-2-5-16(24)22-14-3-1-4-15(11-14)23-18(20)26/h1,3-4,6-9,11H,2,5,10H2,(H,21,25)(H,22,24)(H3,20,23,26). The van der Waals surface area contributed by atoms with Crippen LogP contribution in [-0.2, 0) is 4.79 Å². The summed E-state index contributed by atoms with van der Waals surface area (Å²) in [5.41, 5.74) is 6.60. The van der Waals surface area contributed by atoms with Gasteiger partial charge >= 0.3 is 6.03 Å². The normalized spacial score (nSPS) is 10.0. The summed E-state index contributed by atoms with van der Waals surface area (Å²) in [6.45, 7) is 0.373. The first-order valence-corrected chi connectivity index (χ1v) is 8.32. The third-order valence-corrected chi connectivity index (χ3v) is 3.64. The van der Waals surface area contributed by atoms with Crippen molar-refractivity contribution in [2.45, 2.75) is 12.8 Å². The number of nitrogens with two attached hydrogens (primary N) is 1. The maximum Gasteiger partial charge on any atom is 0.316 e. The maximum absolute atomic E-state index is 11.9.